The van der Waals surface area contributed by atoms with Crippen LogP contribution in [0.3, 0.4) is 0 Å². The maximum atomic E-state index is 5.10. The van der Waals surface area contributed by atoms with Gasteiger partial charge in [-0.25, -0.2) is 0 Å². The minimum atomic E-state index is 0.580. The molecule has 3 aliphatic rings. The van der Waals surface area contributed by atoms with E-state index in [0.29, 0.717) is 12.0 Å². The van der Waals surface area contributed by atoms with Gasteiger partial charge in [0.1, 0.15) is 0 Å². The molecule has 0 N–H and O–H groups in total. The molecule has 2 fully saturated rings. The highest BCUT2D eigenvalue weighted by molar-refractivity contribution is 6.05. The maximum absolute atomic E-state index is 5.10. The van der Waals surface area contributed by atoms with E-state index in [1.165, 1.54) is 36.2 Å². The summed E-state index contributed by atoms with van der Waals surface area (Å²) in [7, 11) is 0. The Hall–Kier alpha value is -2.09. The molecule has 110 valence electrons. The molecule has 22 heavy (non-hydrogen) atoms. The fourth-order valence-electron chi connectivity index (χ4n) is 4.92. The van der Waals surface area contributed by atoms with Crippen LogP contribution in [0.2, 0.25) is 0 Å². The first-order valence-electron chi connectivity index (χ1n) is 8.40. The molecule has 0 unspecified atom stereocenters. The van der Waals surface area contributed by atoms with Crippen molar-refractivity contribution < 1.29 is 0 Å². The topological polar surface area (TPSA) is 15.6 Å². The highest BCUT2D eigenvalue weighted by Crippen LogP contribution is 2.54. The lowest BCUT2D eigenvalue weighted by molar-refractivity contribution is 0.364. The normalized spacial score (nSPS) is 32.2. The van der Waals surface area contributed by atoms with Crippen molar-refractivity contribution in [1.82, 2.24) is 0 Å². The van der Waals surface area contributed by atoms with E-state index in [-0.39, 0.29) is 0 Å². The van der Waals surface area contributed by atoms with Crippen molar-refractivity contribution in [3.8, 4) is 0 Å². The first kappa shape index (κ1) is 12.5. The Morgan fingerprint density at radius 1 is 0.818 bits per heavy atom. The number of benzene rings is 2. The molecular weight excluding hydrogens is 268 g/mol. The summed E-state index contributed by atoms with van der Waals surface area (Å²) < 4.78 is 0. The van der Waals surface area contributed by atoms with Crippen LogP contribution in [-0.2, 0) is 0 Å². The van der Waals surface area contributed by atoms with Crippen LogP contribution < -0.4 is 5.01 Å². The quantitative estimate of drug-likeness (QED) is 0.803. The Balaban J connectivity index is 1.62. The second-order valence-electron chi connectivity index (χ2n) is 6.88. The number of para-hydroxylation sites is 1. The second-order valence-corrected chi connectivity index (χ2v) is 6.88. The summed E-state index contributed by atoms with van der Waals surface area (Å²) in [4.78, 5) is 0. The molecule has 0 spiro atoms. The summed E-state index contributed by atoms with van der Waals surface area (Å²) in [6, 6.07) is 22.1. The molecule has 2 aliphatic carbocycles. The van der Waals surface area contributed by atoms with E-state index >= 15 is 0 Å². The van der Waals surface area contributed by atoms with Crippen LogP contribution in [0.15, 0.2) is 65.8 Å². The minimum Gasteiger partial charge on any atom is -0.261 e. The number of hydrogen-bond donors (Lipinski definition) is 0. The molecule has 0 radical (unpaired) electrons. The van der Waals surface area contributed by atoms with Crippen LogP contribution in [-0.4, -0.2) is 11.8 Å². The molecule has 2 nitrogen and oxygen atoms in total. The Bertz CT molecular complexity index is 707. The van der Waals surface area contributed by atoms with Crippen LogP contribution in [0.5, 0.6) is 0 Å². The summed E-state index contributed by atoms with van der Waals surface area (Å²) in [5.41, 5.74) is 3.88. The molecule has 2 bridgehead atoms. The number of rotatable bonds is 2. The molecule has 2 heteroatoms. The van der Waals surface area contributed by atoms with Crippen molar-refractivity contribution in [1.29, 1.82) is 0 Å². The predicted molar refractivity (Wildman–Crippen MR) is 90.0 cm³/mol. The monoisotopic (exact) mass is 288 g/mol. The fraction of sp³-hybridized carbons (Fsp3) is 0.350. The molecule has 0 amide bonds. The van der Waals surface area contributed by atoms with Gasteiger partial charge in [0.2, 0.25) is 0 Å². The third-order valence-corrected chi connectivity index (χ3v) is 5.78. The third-order valence-electron chi connectivity index (χ3n) is 5.78. The standard InChI is InChI=1S/C20H20N2/c1-3-7-14(8-4-1)19-18-15-11-12-16(13-15)20(18)22(21-19)17-9-5-2-6-10-17/h1-10,15-16,18,20H,11-13H2/t15-,16-,18+,20-/m1/s1. The van der Waals surface area contributed by atoms with Crippen molar-refractivity contribution in [3.63, 3.8) is 0 Å². The second kappa shape index (κ2) is 4.70. The van der Waals surface area contributed by atoms with E-state index in [1.54, 1.807) is 0 Å². The summed E-state index contributed by atoms with van der Waals surface area (Å²) in [5, 5.41) is 7.43. The van der Waals surface area contributed by atoms with E-state index in [2.05, 4.69) is 65.7 Å². The number of hydrogen-bond acceptors (Lipinski definition) is 2. The lowest BCUT2D eigenvalue weighted by Gasteiger charge is -2.31. The Morgan fingerprint density at radius 3 is 2.27 bits per heavy atom. The van der Waals surface area contributed by atoms with E-state index < -0.39 is 0 Å². The van der Waals surface area contributed by atoms with Crippen molar-refractivity contribution in [2.24, 2.45) is 22.9 Å². The van der Waals surface area contributed by atoms with Crippen molar-refractivity contribution in [2.45, 2.75) is 25.3 Å². The zero-order chi connectivity index (χ0) is 14.5. The van der Waals surface area contributed by atoms with Crippen molar-refractivity contribution >= 4 is 11.4 Å². The van der Waals surface area contributed by atoms with Gasteiger partial charge < -0.3 is 0 Å². The van der Waals surface area contributed by atoms with Crippen LogP contribution in [0.4, 0.5) is 5.69 Å². The molecule has 2 aromatic carbocycles. The highest BCUT2D eigenvalue weighted by Gasteiger charge is 2.55. The van der Waals surface area contributed by atoms with Gasteiger partial charge in [-0.3, -0.25) is 5.01 Å². The van der Waals surface area contributed by atoms with Gasteiger partial charge in [0.05, 0.1) is 17.4 Å². The third kappa shape index (κ3) is 1.70. The van der Waals surface area contributed by atoms with Gasteiger partial charge in [-0.05, 0) is 48.8 Å². The maximum Gasteiger partial charge on any atom is 0.0737 e. The molecule has 4 atom stereocenters. The van der Waals surface area contributed by atoms with E-state index in [0.717, 1.165) is 11.8 Å². The van der Waals surface area contributed by atoms with Gasteiger partial charge in [-0.15, -0.1) is 0 Å². The SMILES string of the molecule is c1ccc(C2=NN(c3ccccc3)[C@@H]3[C@@H]4CC[C@H](C4)[C@@H]23)cc1. The fourth-order valence-corrected chi connectivity index (χ4v) is 4.92. The first-order chi connectivity index (χ1) is 10.9. The molecule has 1 aliphatic heterocycles. The van der Waals surface area contributed by atoms with E-state index in [4.69, 9.17) is 5.10 Å². The Labute approximate surface area is 131 Å². The minimum absolute atomic E-state index is 0.580. The Kier molecular flexibility index (Phi) is 2.66. The molecular formula is C20H20N2. The number of hydrazone groups is 1. The zero-order valence-corrected chi connectivity index (χ0v) is 12.6. The van der Waals surface area contributed by atoms with E-state index in [9.17, 15) is 0 Å². The summed E-state index contributed by atoms with van der Waals surface area (Å²) in [5.74, 6) is 2.28. The van der Waals surface area contributed by atoms with Gasteiger partial charge in [0.25, 0.3) is 0 Å². The van der Waals surface area contributed by atoms with Crippen molar-refractivity contribution in [2.75, 3.05) is 5.01 Å². The van der Waals surface area contributed by atoms with Crippen LogP contribution in [0.1, 0.15) is 24.8 Å². The average Bonchev–Trinajstić information content (AvgIpc) is 3.29. The summed E-state index contributed by atoms with van der Waals surface area (Å²) >= 11 is 0. The van der Waals surface area contributed by atoms with Gasteiger partial charge in [-0.1, -0.05) is 48.5 Å². The zero-order valence-electron chi connectivity index (χ0n) is 12.6. The number of nitrogens with zero attached hydrogens (tertiary/aromatic N) is 2. The molecule has 5 rings (SSSR count). The Morgan fingerprint density at radius 2 is 1.50 bits per heavy atom. The van der Waals surface area contributed by atoms with Crippen molar-refractivity contribution in [3.05, 3.63) is 66.2 Å². The van der Waals surface area contributed by atoms with Gasteiger partial charge >= 0.3 is 0 Å². The van der Waals surface area contributed by atoms with Crippen LogP contribution >= 0.6 is 0 Å². The smallest absolute Gasteiger partial charge is 0.0737 e. The lowest BCUT2D eigenvalue weighted by Crippen LogP contribution is -2.38. The molecule has 2 saturated carbocycles. The lowest BCUT2D eigenvalue weighted by atomic mass is 9.80. The number of anilines is 1. The molecule has 0 saturated heterocycles. The van der Waals surface area contributed by atoms with E-state index in [1.807, 2.05) is 0 Å². The molecule has 1 heterocycles. The summed E-state index contributed by atoms with van der Waals surface area (Å²) in [6.45, 7) is 0. The molecule has 0 aromatic heterocycles. The molecule has 2 aromatic rings. The highest BCUT2D eigenvalue weighted by atomic mass is 15.5. The predicted octanol–water partition coefficient (Wildman–Crippen LogP) is 4.33. The van der Waals surface area contributed by atoms with Crippen LogP contribution in [0, 0.1) is 17.8 Å². The average molecular weight is 288 g/mol. The van der Waals surface area contributed by atoms with Gasteiger partial charge in [-0.2, -0.15) is 5.10 Å². The van der Waals surface area contributed by atoms with Gasteiger partial charge in [0, 0.05) is 5.92 Å². The first-order valence-corrected chi connectivity index (χ1v) is 8.40. The van der Waals surface area contributed by atoms with Gasteiger partial charge in [0.15, 0.2) is 0 Å². The number of fused-ring (bicyclic) bond motifs is 5. The largest absolute Gasteiger partial charge is 0.261 e. The summed E-state index contributed by atoms with van der Waals surface area (Å²) in [6.07, 6.45) is 4.16. The van der Waals surface area contributed by atoms with Crippen LogP contribution in [0.25, 0.3) is 0 Å².